The average Bonchev–Trinajstić information content (AvgIpc) is 3.32. The summed E-state index contributed by atoms with van der Waals surface area (Å²) in [6, 6.07) is 6.16. The first-order valence-corrected chi connectivity index (χ1v) is 9.40. The molecule has 1 aromatic heterocycles. The van der Waals surface area contributed by atoms with Crippen molar-refractivity contribution in [3.8, 4) is 16.9 Å². The quantitative estimate of drug-likeness (QED) is 0.904. The van der Waals surface area contributed by atoms with E-state index in [1.807, 2.05) is 6.07 Å². The summed E-state index contributed by atoms with van der Waals surface area (Å²) in [7, 11) is 0. The third-order valence-corrected chi connectivity index (χ3v) is 5.48. The van der Waals surface area contributed by atoms with Crippen molar-refractivity contribution in [3.05, 3.63) is 39.5 Å². The number of rotatable bonds is 4. The average molecular weight is 364 g/mol. The van der Waals surface area contributed by atoms with E-state index in [0.717, 1.165) is 29.7 Å². The third-order valence-electron chi connectivity index (χ3n) is 4.51. The van der Waals surface area contributed by atoms with E-state index < -0.39 is 0 Å². The number of fused-ring (bicyclic) bond motifs is 1. The standard InChI is InChI=1S/C18H18ClNO3S/c19-16-7-13(12-2-4-24-10-12)5-14-6-15(23-17(14)16)8-20-18(21)11-1-3-22-9-11/h2,4-5,7,10-11,15H,1,3,6,8-9H2,(H,20,21)/t11-,15+/m0/s1. The minimum Gasteiger partial charge on any atom is -0.486 e. The van der Waals surface area contributed by atoms with Gasteiger partial charge in [0.15, 0.2) is 0 Å². The first-order valence-electron chi connectivity index (χ1n) is 8.08. The van der Waals surface area contributed by atoms with Crippen molar-refractivity contribution in [2.24, 2.45) is 5.92 Å². The van der Waals surface area contributed by atoms with Crippen LogP contribution in [0.25, 0.3) is 11.1 Å². The molecule has 0 radical (unpaired) electrons. The molecule has 2 aliphatic heterocycles. The molecule has 2 atom stereocenters. The van der Waals surface area contributed by atoms with Crippen LogP contribution in [-0.2, 0) is 16.0 Å². The molecule has 6 heteroatoms. The zero-order valence-corrected chi connectivity index (χ0v) is 14.7. The predicted octanol–water partition coefficient (Wildman–Crippen LogP) is 3.52. The van der Waals surface area contributed by atoms with Crippen LogP contribution in [0.5, 0.6) is 5.75 Å². The largest absolute Gasteiger partial charge is 0.486 e. The second-order valence-electron chi connectivity index (χ2n) is 6.21. The normalized spacial score (nSPS) is 22.2. The molecule has 0 unspecified atom stereocenters. The van der Waals surface area contributed by atoms with Crippen molar-refractivity contribution in [2.45, 2.75) is 18.9 Å². The molecule has 0 bridgehead atoms. The minimum atomic E-state index is -0.0681. The SMILES string of the molecule is O=C(NC[C@H]1Cc2cc(-c3ccsc3)cc(Cl)c2O1)[C@H]1CCOC1. The van der Waals surface area contributed by atoms with Gasteiger partial charge in [0.25, 0.3) is 0 Å². The summed E-state index contributed by atoms with van der Waals surface area (Å²) in [5, 5.41) is 7.77. The number of nitrogens with one attached hydrogen (secondary N) is 1. The van der Waals surface area contributed by atoms with Crippen molar-refractivity contribution in [1.29, 1.82) is 0 Å². The molecular weight excluding hydrogens is 346 g/mol. The first-order chi connectivity index (χ1) is 11.7. The number of halogens is 1. The molecule has 2 aliphatic rings. The molecular formula is C18H18ClNO3S. The predicted molar refractivity (Wildman–Crippen MR) is 94.8 cm³/mol. The van der Waals surface area contributed by atoms with Gasteiger partial charge in [0.05, 0.1) is 24.1 Å². The van der Waals surface area contributed by atoms with Crippen molar-refractivity contribution in [2.75, 3.05) is 19.8 Å². The molecule has 1 aromatic carbocycles. The molecule has 4 nitrogen and oxygen atoms in total. The summed E-state index contributed by atoms with van der Waals surface area (Å²) < 4.78 is 11.2. The van der Waals surface area contributed by atoms with Crippen molar-refractivity contribution in [1.82, 2.24) is 5.32 Å². The Labute approximate surface area is 149 Å². The van der Waals surface area contributed by atoms with Crippen molar-refractivity contribution < 1.29 is 14.3 Å². The molecule has 0 aliphatic carbocycles. The van der Waals surface area contributed by atoms with Crippen molar-refractivity contribution >= 4 is 28.8 Å². The van der Waals surface area contributed by atoms with E-state index in [4.69, 9.17) is 21.1 Å². The van der Waals surface area contributed by atoms with Crippen LogP contribution in [0.4, 0.5) is 0 Å². The molecule has 0 saturated carbocycles. The number of thiophene rings is 1. The highest BCUT2D eigenvalue weighted by atomic mass is 35.5. The number of benzene rings is 1. The molecule has 3 heterocycles. The lowest BCUT2D eigenvalue weighted by Crippen LogP contribution is -2.38. The fraction of sp³-hybridized carbons (Fsp3) is 0.389. The van der Waals surface area contributed by atoms with Gasteiger partial charge in [-0.2, -0.15) is 11.3 Å². The Kier molecular flexibility index (Phi) is 4.48. The fourth-order valence-corrected chi connectivity index (χ4v) is 4.15. The summed E-state index contributed by atoms with van der Waals surface area (Å²) in [6.45, 7) is 1.69. The van der Waals surface area contributed by atoms with Crippen LogP contribution in [0.15, 0.2) is 29.0 Å². The summed E-state index contributed by atoms with van der Waals surface area (Å²) in [5.74, 6) is 0.777. The zero-order valence-electron chi connectivity index (χ0n) is 13.1. The van der Waals surface area contributed by atoms with Crippen LogP contribution in [-0.4, -0.2) is 31.8 Å². The molecule has 4 rings (SSSR count). The Morgan fingerprint density at radius 3 is 3.04 bits per heavy atom. The molecule has 24 heavy (non-hydrogen) atoms. The van der Waals surface area contributed by atoms with E-state index in [9.17, 15) is 4.79 Å². The highest BCUT2D eigenvalue weighted by Gasteiger charge is 2.28. The van der Waals surface area contributed by atoms with E-state index in [-0.39, 0.29) is 17.9 Å². The zero-order chi connectivity index (χ0) is 16.5. The van der Waals surface area contributed by atoms with Gasteiger partial charge in [-0.3, -0.25) is 4.79 Å². The van der Waals surface area contributed by atoms with Crippen LogP contribution in [0.2, 0.25) is 5.02 Å². The highest BCUT2D eigenvalue weighted by molar-refractivity contribution is 7.08. The van der Waals surface area contributed by atoms with Gasteiger partial charge in [0, 0.05) is 18.6 Å². The second-order valence-corrected chi connectivity index (χ2v) is 7.40. The van der Waals surface area contributed by atoms with Crippen LogP contribution in [0.3, 0.4) is 0 Å². The van der Waals surface area contributed by atoms with Crippen molar-refractivity contribution in [3.63, 3.8) is 0 Å². The maximum Gasteiger partial charge on any atom is 0.225 e. The Morgan fingerprint density at radius 2 is 2.29 bits per heavy atom. The third kappa shape index (κ3) is 3.16. The number of carbonyl (C=O) groups is 1. The maximum absolute atomic E-state index is 12.1. The second kappa shape index (κ2) is 6.75. The number of ether oxygens (including phenoxy) is 2. The number of carbonyl (C=O) groups excluding carboxylic acids is 1. The molecule has 1 saturated heterocycles. The number of hydrogen-bond donors (Lipinski definition) is 1. The van der Waals surface area contributed by atoms with Gasteiger partial charge in [0.2, 0.25) is 5.91 Å². The molecule has 1 amide bonds. The van der Waals surface area contributed by atoms with Crippen LogP contribution >= 0.6 is 22.9 Å². The van der Waals surface area contributed by atoms with Gasteiger partial charge in [-0.25, -0.2) is 0 Å². The topological polar surface area (TPSA) is 47.6 Å². The van der Waals surface area contributed by atoms with Crippen LogP contribution < -0.4 is 10.1 Å². The summed E-state index contributed by atoms with van der Waals surface area (Å²) in [4.78, 5) is 12.1. The molecule has 126 valence electrons. The summed E-state index contributed by atoms with van der Waals surface area (Å²) in [6.07, 6.45) is 1.49. The fourth-order valence-electron chi connectivity index (χ4n) is 3.20. The van der Waals surface area contributed by atoms with Gasteiger partial charge in [-0.1, -0.05) is 11.6 Å². The molecule has 1 N–H and O–H groups in total. The smallest absolute Gasteiger partial charge is 0.225 e. The Bertz CT molecular complexity index is 741. The summed E-state index contributed by atoms with van der Waals surface area (Å²) >= 11 is 8.06. The minimum absolute atomic E-state index is 0.0254. The van der Waals surface area contributed by atoms with Crippen LogP contribution in [0.1, 0.15) is 12.0 Å². The Balaban J connectivity index is 1.42. The van der Waals surface area contributed by atoms with E-state index in [0.29, 0.717) is 24.8 Å². The van der Waals surface area contributed by atoms with E-state index in [2.05, 4.69) is 28.2 Å². The lowest BCUT2D eigenvalue weighted by molar-refractivity contribution is -0.125. The monoisotopic (exact) mass is 363 g/mol. The van der Waals surface area contributed by atoms with Gasteiger partial charge >= 0.3 is 0 Å². The van der Waals surface area contributed by atoms with Gasteiger partial charge < -0.3 is 14.8 Å². The van der Waals surface area contributed by atoms with E-state index in [1.54, 1.807) is 11.3 Å². The Morgan fingerprint density at radius 1 is 1.38 bits per heavy atom. The summed E-state index contributed by atoms with van der Waals surface area (Å²) in [5.41, 5.74) is 3.38. The lowest BCUT2D eigenvalue weighted by Gasteiger charge is -2.14. The van der Waals surface area contributed by atoms with Crippen LogP contribution in [0, 0.1) is 5.92 Å². The number of amides is 1. The molecule has 2 aromatic rings. The van der Waals surface area contributed by atoms with Gasteiger partial charge in [0.1, 0.15) is 11.9 Å². The van der Waals surface area contributed by atoms with Gasteiger partial charge in [-0.05, 0) is 46.5 Å². The van der Waals surface area contributed by atoms with Gasteiger partial charge in [-0.15, -0.1) is 0 Å². The van der Waals surface area contributed by atoms with E-state index in [1.165, 1.54) is 5.56 Å². The first kappa shape index (κ1) is 15.9. The highest BCUT2D eigenvalue weighted by Crippen LogP contribution is 2.39. The Hall–Kier alpha value is -1.56. The maximum atomic E-state index is 12.1. The van der Waals surface area contributed by atoms with E-state index >= 15 is 0 Å². The lowest BCUT2D eigenvalue weighted by atomic mass is 10.0. The molecule has 0 spiro atoms. The molecule has 1 fully saturated rings. The number of hydrogen-bond acceptors (Lipinski definition) is 4.